The summed E-state index contributed by atoms with van der Waals surface area (Å²) in [5.41, 5.74) is 0.997. The Labute approximate surface area is 113 Å². The number of hydrogen-bond acceptors (Lipinski definition) is 5. The topological polar surface area (TPSA) is 45.6 Å². The summed E-state index contributed by atoms with van der Waals surface area (Å²) in [5.74, 6) is 0.348. The van der Waals surface area contributed by atoms with Crippen LogP contribution < -0.4 is 4.90 Å². The summed E-state index contributed by atoms with van der Waals surface area (Å²) in [6.07, 6.45) is 0. The second kappa shape index (κ2) is 5.15. The van der Waals surface area contributed by atoms with E-state index in [9.17, 15) is 5.11 Å². The summed E-state index contributed by atoms with van der Waals surface area (Å²) >= 11 is 1.61. The van der Waals surface area contributed by atoms with E-state index in [0.29, 0.717) is 5.92 Å². The maximum atomic E-state index is 9.44. The number of aromatic nitrogens is 1. The number of morpholine rings is 1. The van der Waals surface area contributed by atoms with Crippen molar-refractivity contribution >= 4 is 16.5 Å². The standard InChI is InChI=1S/C13H22N2O2S/c1-9(2)11-10(7-16)18-12(14-11)15-5-6-17-8-13(15,3)4/h9,16H,5-8H2,1-4H3. The largest absolute Gasteiger partial charge is 0.391 e. The molecule has 1 aliphatic rings. The second-order valence-corrected chi connectivity index (χ2v) is 6.70. The van der Waals surface area contributed by atoms with Crippen LogP contribution >= 0.6 is 11.3 Å². The molecule has 1 fully saturated rings. The average molecular weight is 270 g/mol. The summed E-state index contributed by atoms with van der Waals surface area (Å²) in [7, 11) is 0. The van der Waals surface area contributed by atoms with Crippen LogP contribution in [-0.2, 0) is 11.3 Å². The van der Waals surface area contributed by atoms with Gasteiger partial charge >= 0.3 is 0 Å². The highest BCUT2D eigenvalue weighted by molar-refractivity contribution is 7.15. The van der Waals surface area contributed by atoms with Gasteiger partial charge in [0, 0.05) is 6.54 Å². The first-order chi connectivity index (χ1) is 8.45. The molecular formula is C13H22N2O2S. The number of aliphatic hydroxyl groups excluding tert-OH is 1. The Balaban J connectivity index is 2.32. The molecular weight excluding hydrogens is 248 g/mol. The normalized spacial score (nSPS) is 19.6. The van der Waals surface area contributed by atoms with Crippen molar-refractivity contribution in [2.75, 3.05) is 24.7 Å². The van der Waals surface area contributed by atoms with Gasteiger partial charge in [-0.15, -0.1) is 0 Å². The van der Waals surface area contributed by atoms with E-state index in [0.717, 1.165) is 35.5 Å². The fourth-order valence-corrected chi connectivity index (χ4v) is 3.51. The molecule has 0 saturated carbocycles. The molecule has 0 bridgehead atoms. The van der Waals surface area contributed by atoms with Crippen molar-refractivity contribution in [1.82, 2.24) is 4.98 Å². The highest BCUT2D eigenvalue weighted by Crippen LogP contribution is 2.35. The minimum Gasteiger partial charge on any atom is -0.391 e. The fourth-order valence-electron chi connectivity index (χ4n) is 2.24. The van der Waals surface area contributed by atoms with Gasteiger partial charge in [0.2, 0.25) is 0 Å². The summed E-state index contributed by atoms with van der Waals surface area (Å²) in [5, 5.41) is 10.4. The number of aliphatic hydroxyl groups is 1. The van der Waals surface area contributed by atoms with E-state index in [-0.39, 0.29) is 12.1 Å². The van der Waals surface area contributed by atoms with E-state index in [1.807, 2.05) is 0 Å². The number of nitrogens with zero attached hydrogens (tertiary/aromatic N) is 2. The first-order valence-corrected chi connectivity index (χ1v) is 7.23. The van der Waals surface area contributed by atoms with Crippen molar-refractivity contribution in [3.05, 3.63) is 10.6 Å². The molecule has 4 nitrogen and oxygen atoms in total. The van der Waals surface area contributed by atoms with Crippen LogP contribution in [0.15, 0.2) is 0 Å². The van der Waals surface area contributed by atoms with Crippen molar-refractivity contribution in [3.63, 3.8) is 0 Å². The van der Waals surface area contributed by atoms with Crippen molar-refractivity contribution in [3.8, 4) is 0 Å². The highest BCUT2D eigenvalue weighted by atomic mass is 32.1. The number of rotatable bonds is 3. The summed E-state index contributed by atoms with van der Waals surface area (Å²) in [6.45, 7) is 11.0. The predicted octanol–water partition coefficient (Wildman–Crippen LogP) is 2.37. The van der Waals surface area contributed by atoms with E-state index >= 15 is 0 Å². The van der Waals surface area contributed by atoms with Gasteiger partial charge in [-0.3, -0.25) is 0 Å². The van der Waals surface area contributed by atoms with Crippen LogP contribution in [0.1, 0.15) is 44.2 Å². The van der Waals surface area contributed by atoms with Gasteiger partial charge in [-0.05, 0) is 19.8 Å². The van der Waals surface area contributed by atoms with Crippen LogP contribution in [0.25, 0.3) is 0 Å². The maximum absolute atomic E-state index is 9.44. The third-order valence-electron chi connectivity index (χ3n) is 3.28. The van der Waals surface area contributed by atoms with Crippen LogP contribution in [0.3, 0.4) is 0 Å². The SMILES string of the molecule is CC(C)c1nc(N2CCOCC2(C)C)sc1CO. The van der Waals surface area contributed by atoms with Gasteiger partial charge in [0.05, 0.1) is 35.9 Å². The molecule has 0 spiro atoms. The van der Waals surface area contributed by atoms with Crippen molar-refractivity contribution in [2.24, 2.45) is 0 Å². The Morgan fingerprint density at radius 1 is 1.50 bits per heavy atom. The van der Waals surface area contributed by atoms with E-state index in [1.54, 1.807) is 11.3 Å². The molecule has 1 aromatic rings. The smallest absolute Gasteiger partial charge is 0.186 e. The lowest BCUT2D eigenvalue weighted by Gasteiger charge is -2.42. The van der Waals surface area contributed by atoms with E-state index in [4.69, 9.17) is 9.72 Å². The second-order valence-electron chi connectivity index (χ2n) is 5.63. The number of anilines is 1. The van der Waals surface area contributed by atoms with Crippen LogP contribution in [-0.4, -0.2) is 35.4 Å². The summed E-state index contributed by atoms with van der Waals surface area (Å²) in [6, 6.07) is 0. The lowest BCUT2D eigenvalue weighted by atomic mass is 10.0. The van der Waals surface area contributed by atoms with Crippen molar-refractivity contribution in [1.29, 1.82) is 0 Å². The molecule has 1 aromatic heterocycles. The quantitative estimate of drug-likeness (QED) is 0.916. The molecule has 0 unspecified atom stereocenters. The Hall–Kier alpha value is -0.650. The predicted molar refractivity (Wildman–Crippen MR) is 74.4 cm³/mol. The Morgan fingerprint density at radius 2 is 2.22 bits per heavy atom. The third kappa shape index (κ3) is 2.53. The first kappa shape index (κ1) is 13.8. The summed E-state index contributed by atoms with van der Waals surface area (Å²) in [4.78, 5) is 8.01. The van der Waals surface area contributed by atoms with Gasteiger partial charge < -0.3 is 14.7 Å². The summed E-state index contributed by atoms with van der Waals surface area (Å²) < 4.78 is 5.53. The number of ether oxygens (including phenoxy) is 1. The molecule has 1 saturated heterocycles. The van der Waals surface area contributed by atoms with Gasteiger partial charge in [0.25, 0.3) is 0 Å². The van der Waals surface area contributed by atoms with Gasteiger partial charge in [-0.25, -0.2) is 4.98 Å². The number of hydrogen-bond donors (Lipinski definition) is 1. The van der Waals surface area contributed by atoms with Gasteiger partial charge in [0.15, 0.2) is 5.13 Å². The molecule has 0 radical (unpaired) electrons. The van der Waals surface area contributed by atoms with E-state index < -0.39 is 0 Å². The Kier molecular flexibility index (Phi) is 3.94. The van der Waals surface area contributed by atoms with E-state index in [2.05, 4.69) is 32.6 Å². The zero-order valence-electron chi connectivity index (χ0n) is 11.6. The molecule has 1 aliphatic heterocycles. The molecule has 0 aliphatic carbocycles. The molecule has 5 heteroatoms. The van der Waals surface area contributed by atoms with Crippen LogP contribution in [0.5, 0.6) is 0 Å². The van der Waals surface area contributed by atoms with Gasteiger partial charge in [-0.1, -0.05) is 25.2 Å². The van der Waals surface area contributed by atoms with Crippen molar-refractivity contribution in [2.45, 2.75) is 45.8 Å². The van der Waals surface area contributed by atoms with Gasteiger partial charge in [-0.2, -0.15) is 0 Å². The molecule has 0 amide bonds. The maximum Gasteiger partial charge on any atom is 0.186 e. The van der Waals surface area contributed by atoms with Crippen LogP contribution in [0, 0.1) is 0 Å². The minimum atomic E-state index is -0.0307. The molecule has 2 heterocycles. The van der Waals surface area contributed by atoms with Crippen molar-refractivity contribution < 1.29 is 9.84 Å². The molecule has 1 N–H and O–H groups in total. The molecule has 2 rings (SSSR count). The Morgan fingerprint density at radius 3 is 2.72 bits per heavy atom. The molecule has 0 aromatic carbocycles. The number of thiazole rings is 1. The fraction of sp³-hybridized carbons (Fsp3) is 0.769. The van der Waals surface area contributed by atoms with Crippen LogP contribution in [0.4, 0.5) is 5.13 Å². The lowest BCUT2D eigenvalue weighted by molar-refractivity contribution is 0.0643. The average Bonchev–Trinajstić information content (AvgIpc) is 2.72. The lowest BCUT2D eigenvalue weighted by Crippen LogP contribution is -2.53. The third-order valence-corrected chi connectivity index (χ3v) is 4.36. The molecule has 0 atom stereocenters. The first-order valence-electron chi connectivity index (χ1n) is 6.41. The highest BCUT2D eigenvalue weighted by Gasteiger charge is 2.33. The van der Waals surface area contributed by atoms with E-state index in [1.165, 1.54) is 0 Å². The zero-order valence-corrected chi connectivity index (χ0v) is 12.4. The van der Waals surface area contributed by atoms with Crippen LogP contribution in [0.2, 0.25) is 0 Å². The zero-order chi connectivity index (χ0) is 13.3. The Bertz CT molecular complexity index is 415. The molecule has 102 valence electrons. The molecule has 18 heavy (non-hydrogen) atoms. The van der Waals surface area contributed by atoms with Gasteiger partial charge in [0.1, 0.15) is 0 Å². The monoisotopic (exact) mass is 270 g/mol. The minimum absolute atomic E-state index is 0.0307.